The Balaban J connectivity index is 1.87. The van der Waals surface area contributed by atoms with Crippen molar-refractivity contribution in [3.05, 3.63) is 29.3 Å². The van der Waals surface area contributed by atoms with Crippen LogP contribution in [0.5, 0.6) is 0 Å². The molecule has 3 rings (SSSR count). The van der Waals surface area contributed by atoms with Crippen LogP contribution >= 0.6 is 0 Å². The minimum Gasteiger partial charge on any atom is -0.378 e. The second-order valence-corrected chi connectivity index (χ2v) is 5.77. The minimum absolute atomic E-state index is 0.0797. The third-order valence-electron chi connectivity index (χ3n) is 4.03. The van der Waals surface area contributed by atoms with Crippen molar-refractivity contribution in [2.45, 2.75) is 31.7 Å². The zero-order valence-electron chi connectivity index (χ0n) is 11.1. The van der Waals surface area contributed by atoms with Gasteiger partial charge in [0.25, 0.3) is 0 Å². The number of anilines is 1. The van der Waals surface area contributed by atoms with E-state index in [-0.39, 0.29) is 5.54 Å². The zero-order chi connectivity index (χ0) is 12.6. The second kappa shape index (κ2) is 4.56. The summed E-state index contributed by atoms with van der Waals surface area (Å²) in [5.41, 5.74) is 10.4. The van der Waals surface area contributed by atoms with Crippen LogP contribution in [0.25, 0.3) is 0 Å². The molecule has 18 heavy (non-hydrogen) atoms. The Morgan fingerprint density at radius 3 is 2.67 bits per heavy atom. The summed E-state index contributed by atoms with van der Waals surface area (Å²) in [5.74, 6) is 0. The fourth-order valence-electron chi connectivity index (χ4n) is 2.64. The van der Waals surface area contributed by atoms with E-state index in [1.807, 2.05) is 0 Å². The predicted molar refractivity (Wildman–Crippen MR) is 74.1 cm³/mol. The van der Waals surface area contributed by atoms with Gasteiger partial charge in [0, 0.05) is 24.3 Å². The fraction of sp³-hybridized carbons (Fsp3) is 0.600. The number of aryl methyl sites for hydroxylation is 1. The Hall–Kier alpha value is -1.06. The fourth-order valence-corrected chi connectivity index (χ4v) is 2.64. The SMILES string of the molecule is Cc1ccc(CC2(N)CC2)c(N2CCOCC2)c1. The van der Waals surface area contributed by atoms with Gasteiger partial charge >= 0.3 is 0 Å². The lowest BCUT2D eigenvalue weighted by molar-refractivity contribution is 0.122. The zero-order valence-corrected chi connectivity index (χ0v) is 11.1. The summed E-state index contributed by atoms with van der Waals surface area (Å²) >= 11 is 0. The molecule has 1 aromatic rings. The van der Waals surface area contributed by atoms with Crippen molar-refractivity contribution < 1.29 is 4.74 Å². The number of morpholine rings is 1. The molecule has 0 unspecified atom stereocenters. The van der Waals surface area contributed by atoms with Crippen molar-refractivity contribution in [2.75, 3.05) is 31.2 Å². The van der Waals surface area contributed by atoms with E-state index in [1.54, 1.807) is 0 Å². The smallest absolute Gasteiger partial charge is 0.0642 e. The van der Waals surface area contributed by atoms with Gasteiger partial charge in [0.1, 0.15) is 0 Å². The molecule has 3 heteroatoms. The molecule has 1 saturated heterocycles. The number of benzene rings is 1. The van der Waals surface area contributed by atoms with Crippen molar-refractivity contribution >= 4 is 5.69 Å². The monoisotopic (exact) mass is 246 g/mol. The highest BCUT2D eigenvalue weighted by Crippen LogP contribution is 2.38. The molecule has 98 valence electrons. The van der Waals surface area contributed by atoms with Gasteiger partial charge in [-0.1, -0.05) is 12.1 Å². The van der Waals surface area contributed by atoms with Gasteiger partial charge in [-0.2, -0.15) is 0 Å². The van der Waals surface area contributed by atoms with Crippen LogP contribution in [0.3, 0.4) is 0 Å². The van der Waals surface area contributed by atoms with E-state index >= 15 is 0 Å². The largest absolute Gasteiger partial charge is 0.378 e. The highest BCUT2D eigenvalue weighted by atomic mass is 16.5. The maximum Gasteiger partial charge on any atom is 0.0642 e. The van der Waals surface area contributed by atoms with Gasteiger partial charge in [-0.25, -0.2) is 0 Å². The van der Waals surface area contributed by atoms with Crippen molar-refractivity contribution in [1.29, 1.82) is 0 Å². The van der Waals surface area contributed by atoms with E-state index in [4.69, 9.17) is 10.5 Å². The van der Waals surface area contributed by atoms with Gasteiger partial charge in [-0.05, 0) is 43.4 Å². The van der Waals surface area contributed by atoms with Crippen LogP contribution in [-0.2, 0) is 11.2 Å². The number of ether oxygens (including phenoxy) is 1. The minimum atomic E-state index is 0.0797. The Labute approximate surface area is 109 Å². The average molecular weight is 246 g/mol. The summed E-state index contributed by atoms with van der Waals surface area (Å²) in [6.45, 7) is 5.81. The van der Waals surface area contributed by atoms with Crippen LogP contribution in [0, 0.1) is 6.92 Å². The maximum atomic E-state index is 6.27. The number of hydrogen-bond donors (Lipinski definition) is 1. The molecule has 3 nitrogen and oxygen atoms in total. The van der Waals surface area contributed by atoms with Gasteiger partial charge in [0.2, 0.25) is 0 Å². The van der Waals surface area contributed by atoms with E-state index in [2.05, 4.69) is 30.0 Å². The molecule has 0 aromatic heterocycles. The van der Waals surface area contributed by atoms with Gasteiger partial charge in [-0.15, -0.1) is 0 Å². The third-order valence-corrected chi connectivity index (χ3v) is 4.03. The molecular formula is C15H22N2O. The Bertz CT molecular complexity index is 434. The van der Waals surface area contributed by atoms with Crippen LogP contribution in [-0.4, -0.2) is 31.8 Å². The maximum absolute atomic E-state index is 6.27. The van der Waals surface area contributed by atoms with Gasteiger partial charge < -0.3 is 15.4 Å². The quantitative estimate of drug-likeness (QED) is 0.885. The molecule has 2 aliphatic rings. The molecule has 2 N–H and O–H groups in total. The Kier molecular flexibility index (Phi) is 3.04. The van der Waals surface area contributed by atoms with Gasteiger partial charge in [-0.3, -0.25) is 0 Å². The van der Waals surface area contributed by atoms with Crippen LogP contribution in [0.15, 0.2) is 18.2 Å². The standard InChI is InChI=1S/C15H22N2O/c1-12-2-3-13(11-15(16)4-5-15)14(10-12)17-6-8-18-9-7-17/h2-3,10H,4-9,11,16H2,1H3. The molecule has 0 spiro atoms. The Morgan fingerprint density at radius 2 is 2.00 bits per heavy atom. The number of nitrogens with two attached hydrogens (primary N) is 1. The van der Waals surface area contributed by atoms with Crippen molar-refractivity contribution in [3.63, 3.8) is 0 Å². The van der Waals surface area contributed by atoms with E-state index < -0.39 is 0 Å². The lowest BCUT2D eigenvalue weighted by atomic mass is 10.00. The third kappa shape index (κ3) is 2.52. The van der Waals surface area contributed by atoms with Crippen molar-refractivity contribution in [2.24, 2.45) is 5.73 Å². The first kappa shape index (κ1) is 12.0. The highest BCUT2D eigenvalue weighted by molar-refractivity contribution is 5.56. The molecule has 1 aromatic carbocycles. The molecule has 0 bridgehead atoms. The summed E-state index contributed by atoms with van der Waals surface area (Å²) in [6, 6.07) is 6.75. The molecule has 0 radical (unpaired) electrons. The summed E-state index contributed by atoms with van der Waals surface area (Å²) in [4.78, 5) is 2.44. The average Bonchev–Trinajstić information content (AvgIpc) is 3.10. The van der Waals surface area contributed by atoms with Crippen LogP contribution in [0.4, 0.5) is 5.69 Å². The van der Waals surface area contributed by atoms with Crippen molar-refractivity contribution in [1.82, 2.24) is 0 Å². The van der Waals surface area contributed by atoms with Crippen LogP contribution in [0.1, 0.15) is 24.0 Å². The van der Waals surface area contributed by atoms with E-state index in [9.17, 15) is 0 Å². The first-order chi connectivity index (χ1) is 8.66. The molecule has 1 aliphatic heterocycles. The van der Waals surface area contributed by atoms with Gasteiger partial charge in [0.15, 0.2) is 0 Å². The summed E-state index contributed by atoms with van der Waals surface area (Å²) in [6.07, 6.45) is 3.35. The lowest BCUT2D eigenvalue weighted by Crippen LogP contribution is -2.37. The van der Waals surface area contributed by atoms with Gasteiger partial charge in [0.05, 0.1) is 13.2 Å². The number of nitrogens with zero attached hydrogens (tertiary/aromatic N) is 1. The molecule has 0 atom stereocenters. The van der Waals surface area contributed by atoms with E-state index in [0.717, 1.165) is 32.7 Å². The van der Waals surface area contributed by atoms with E-state index in [0.29, 0.717) is 0 Å². The summed E-state index contributed by atoms with van der Waals surface area (Å²) < 4.78 is 5.44. The van der Waals surface area contributed by atoms with Crippen molar-refractivity contribution in [3.8, 4) is 0 Å². The predicted octanol–water partition coefficient (Wildman–Crippen LogP) is 1.87. The molecule has 1 saturated carbocycles. The topological polar surface area (TPSA) is 38.5 Å². The van der Waals surface area contributed by atoms with Crippen LogP contribution < -0.4 is 10.6 Å². The summed E-state index contributed by atoms with van der Waals surface area (Å²) in [5, 5.41) is 0. The molecule has 1 aliphatic carbocycles. The Morgan fingerprint density at radius 1 is 1.28 bits per heavy atom. The number of rotatable bonds is 3. The normalized spacial score (nSPS) is 22.0. The van der Waals surface area contributed by atoms with E-state index in [1.165, 1.54) is 29.7 Å². The molecule has 2 fully saturated rings. The molecule has 0 amide bonds. The first-order valence-electron chi connectivity index (χ1n) is 6.87. The number of hydrogen-bond acceptors (Lipinski definition) is 3. The molecular weight excluding hydrogens is 224 g/mol. The lowest BCUT2D eigenvalue weighted by Gasteiger charge is -2.31. The van der Waals surface area contributed by atoms with Crippen LogP contribution in [0.2, 0.25) is 0 Å². The second-order valence-electron chi connectivity index (χ2n) is 5.77. The first-order valence-corrected chi connectivity index (χ1v) is 6.87. The summed E-state index contributed by atoms with van der Waals surface area (Å²) in [7, 11) is 0. The molecule has 1 heterocycles. The highest BCUT2D eigenvalue weighted by Gasteiger charge is 2.38.